The summed E-state index contributed by atoms with van der Waals surface area (Å²) in [5, 5.41) is 2.72. The maximum Gasteiger partial charge on any atom is 0.294 e. The van der Waals surface area contributed by atoms with Gasteiger partial charge in [-0.2, -0.15) is 0 Å². The predicted octanol–water partition coefficient (Wildman–Crippen LogP) is 4.05. The number of benzene rings is 3. The van der Waals surface area contributed by atoms with Crippen LogP contribution >= 0.6 is 0 Å². The van der Waals surface area contributed by atoms with E-state index in [0.29, 0.717) is 11.4 Å². The van der Waals surface area contributed by atoms with Crippen LogP contribution in [0.15, 0.2) is 78.6 Å². The minimum absolute atomic E-state index is 0.0878. The number of nitrogens with one attached hydrogen (secondary N) is 1. The molecule has 3 aromatic carbocycles. The van der Waals surface area contributed by atoms with Crippen molar-refractivity contribution in [2.24, 2.45) is 0 Å². The van der Waals surface area contributed by atoms with Crippen LogP contribution in [0, 0.1) is 11.6 Å². The van der Waals surface area contributed by atoms with E-state index in [4.69, 9.17) is 4.74 Å². The Hall–Kier alpha value is -4.00. The molecule has 5 nitrogen and oxygen atoms in total. The van der Waals surface area contributed by atoms with Crippen molar-refractivity contribution in [3.63, 3.8) is 0 Å². The lowest BCUT2D eigenvalue weighted by atomic mass is 10.1. The van der Waals surface area contributed by atoms with Crippen molar-refractivity contribution < 1.29 is 23.1 Å². The Balaban J connectivity index is 1.55. The summed E-state index contributed by atoms with van der Waals surface area (Å²) >= 11 is 0. The van der Waals surface area contributed by atoms with Crippen LogP contribution in [0.4, 0.5) is 14.5 Å². The fourth-order valence-electron chi connectivity index (χ4n) is 3.15. The van der Waals surface area contributed by atoms with E-state index < -0.39 is 17.6 Å². The topological polar surface area (TPSA) is 58.6 Å². The first-order valence-corrected chi connectivity index (χ1v) is 9.57. The summed E-state index contributed by atoms with van der Waals surface area (Å²) in [6.07, 6.45) is 1.32. The molecule has 1 N–H and O–H groups in total. The minimum Gasteiger partial charge on any atom is -0.449 e. The van der Waals surface area contributed by atoms with E-state index in [0.717, 1.165) is 5.56 Å². The number of anilines is 1. The van der Waals surface area contributed by atoms with Crippen LogP contribution in [-0.4, -0.2) is 18.4 Å². The molecule has 0 saturated carbocycles. The molecule has 1 aliphatic rings. The summed E-state index contributed by atoms with van der Waals surface area (Å²) in [4.78, 5) is 26.8. The molecule has 0 fully saturated rings. The number of halogens is 2. The quantitative estimate of drug-likeness (QED) is 0.634. The van der Waals surface area contributed by atoms with Gasteiger partial charge in [-0.25, -0.2) is 8.78 Å². The molecule has 0 saturated heterocycles. The van der Waals surface area contributed by atoms with Gasteiger partial charge in [0.25, 0.3) is 5.91 Å². The van der Waals surface area contributed by atoms with Crippen LogP contribution in [0.5, 0.6) is 5.75 Å². The highest BCUT2D eigenvalue weighted by atomic mass is 19.1. The molecule has 4 rings (SSSR count). The van der Waals surface area contributed by atoms with E-state index >= 15 is 0 Å². The number of ether oxygens (including phenoxy) is 1. The summed E-state index contributed by atoms with van der Waals surface area (Å²) in [7, 11) is 0. The summed E-state index contributed by atoms with van der Waals surface area (Å²) in [5.74, 6) is -1.52. The second-order valence-corrected chi connectivity index (χ2v) is 6.89. The van der Waals surface area contributed by atoms with Gasteiger partial charge in [0.15, 0.2) is 11.5 Å². The van der Waals surface area contributed by atoms with Crippen LogP contribution in [-0.2, 0) is 16.1 Å². The van der Waals surface area contributed by atoms with E-state index in [-0.39, 0.29) is 30.2 Å². The fraction of sp³-hybridized carbons (Fsp3) is 0.0833. The monoisotopic (exact) mass is 420 g/mol. The van der Waals surface area contributed by atoms with Gasteiger partial charge in [-0.05, 0) is 42.0 Å². The molecule has 0 spiro atoms. The van der Waals surface area contributed by atoms with Gasteiger partial charge >= 0.3 is 0 Å². The van der Waals surface area contributed by atoms with E-state index in [1.54, 1.807) is 48.5 Å². The molecule has 156 valence electrons. The number of carbonyl (C=O) groups is 2. The molecule has 2 amide bonds. The number of carbonyl (C=O) groups excluding carboxylic acids is 2. The number of rotatable bonds is 5. The zero-order valence-corrected chi connectivity index (χ0v) is 16.3. The molecule has 0 aromatic heterocycles. The highest BCUT2D eigenvalue weighted by molar-refractivity contribution is 6.12. The van der Waals surface area contributed by atoms with Crippen LogP contribution in [0.3, 0.4) is 0 Å². The maximum absolute atomic E-state index is 14.0. The third-order valence-electron chi connectivity index (χ3n) is 4.73. The van der Waals surface area contributed by atoms with Gasteiger partial charge in [0, 0.05) is 12.1 Å². The average molecular weight is 420 g/mol. The van der Waals surface area contributed by atoms with E-state index in [1.165, 1.54) is 35.2 Å². The number of amides is 2. The van der Waals surface area contributed by atoms with Crippen molar-refractivity contribution in [1.82, 2.24) is 5.32 Å². The first kappa shape index (κ1) is 20.3. The summed E-state index contributed by atoms with van der Waals surface area (Å²) < 4.78 is 32.8. The fourth-order valence-corrected chi connectivity index (χ4v) is 3.15. The summed E-state index contributed by atoms with van der Waals surface area (Å²) in [5.41, 5.74) is 1.37. The standard InChI is InChI=1S/C24H18F2N2O3/c25-18-11-9-16(10-12-18)14-27-23(29)15-28-20-7-3-4-8-21(20)31-22(24(28)30)13-17-5-1-2-6-19(17)26/h1-13H,14-15H2,(H,27,29)/b22-13+. The minimum atomic E-state index is -0.557. The van der Waals surface area contributed by atoms with Gasteiger partial charge < -0.3 is 10.1 Å². The van der Waals surface area contributed by atoms with E-state index in [2.05, 4.69) is 5.32 Å². The molecule has 0 radical (unpaired) electrons. The van der Waals surface area contributed by atoms with Crippen molar-refractivity contribution in [3.8, 4) is 5.75 Å². The normalized spacial score (nSPS) is 14.2. The van der Waals surface area contributed by atoms with Gasteiger partial charge in [-0.3, -0.25) is 14.5 Å². The molecule has 3 aromatic rings. The lowest BCUT2D eigenvalue weighted by Gasteiger charge is -2.30. The second kappa shape index (κ2) is 8.79. The second-order valence-electron chi connectivity index (χ2n) is 6.89. The van der Waals surface area contributed by atoms with Gasteiger partial charge in [0.05, 0.1) is 5.69 Å². The lowest BCUT2D eigenvalue weighted by molar-refractivity contribution is -0.123. The smallest absolute Gasteiger partial charge is 0.294 e. The molecule has 31 heavy (non-hydrogen) atoms. The molecular formula is C24H18F2N2O3. The Morgan fingerprint density at radius 2 is 1.68 bits per heavy atom. The van der Waals surface area contributed by atoms with Gasteiger partial charge in [0.1, 0.15) is 18.2 Å². The average Bonchev–Trinajstić information content (AvgIpc) is 2.77. The summed E-state index contributed by atoms with van der Waals surface area (Å²) in [6, 6.07) is 18.6. The van der Waals surface area contributed by atoms with Crippen molar-refractivity contribution in [1.29, 1.82) is 0 Å². The third kappa shape index (κ3) is 4.61. The Kier molecular flexibility index (Phi) is 5.75. The van der Waals surface area contributed by atoms with Gasteiger partial charge in [-0.15, -0.1) is 0 Å². The van der Waals surface area contributed by atoms with Crippen molar-refractivity contribution >= 4 is 23.6 Å². The van der Waals surface area contributed by atoms with Crippen molar-refractivity contribution in [2.45, 2.75) is 6.54 Å². The Bertz CT molecular complexity index is 1160. The Labute approximate surface area is 177 Å². The molecule has 7 heteroatoms. The number of nitrogens with zero attached hydrogens (tertiary/aromatic N) is 1. The van der Waals surface area contributed by atoms with Crippen LogP contribution in [0.2, 0.25) is 0 Å². The molecular weight excluding hydrogens is 402 g/mol. The number of para-hydroxylation sites is 2. The predicted molar refractivity (Wildman–Crippen MR) is 112 cm³/mol. The van der Waals surface area contributed by atoms with Gasteiger partial charge in [-0.1, -0.05) is 42.5 Å². The van der Waals surface area contributed by atoms with E-state index in [1.807, 2.05) is 0 Å². The van der Waals surface area contributed by atoms with Crippen molar-refractivity contribution in [2.75, 3.05) is 11.4 Å². The molecule has 0 aliphatic carbocycles. The van der Waals surface area contributed by atoms with Crippen LogP contribution in [0.25, 0.3) is 6.08 Å². The lowest BCUT2D eigenvalue weighted by Crippen LogP contribution is -2.44. The zero-order chi connectivity index (χ0) is 21.8. The number of hydrogen-bond donors (Lipinski definition) is 1. The zero-order valence-electron chi connectivity index (χ0n) is 16.3. The third-order valence-corrected chi connectivity index (χ3v) is 4.73. The molecule has 1 heterocycles. The highest BCUT2D eigenvalue weighted by Gasteiger charge is 2.31. The Morgan fingerprint density at radius 3 is 2.45 bits per heavy atom. The van der Waals surface area contributed by atoms with E-state index in [9.17, 15) is 18.4 Å². The molecule has 0 atom stereocenters. The molecule has 0 bridgehead atoms. The van der Waals surface area contributed by atoms with Crippen LogP contribution < -0.4 is 15.0 Å². The van der Waals surface area contributed by atoms with Gasteiger partial charge in [0.2, 0.25) is 5.91 Å². The highest BCUT2D eigenvalue weighted by Crippen LogP contribution is 2.35. The first-order chi connectivity index (χ1) is 15.0. The first-order valence-electron chi connectivity index (χ1n) is 9.57. The maximum atomic E-state index is 14.0. The Morgan fingerprint density at radius 1 is 0.968 bits per heavy atom. The largest absolute Gasteiger partial charge is 0.449 e. The molecule has 0 unspecified atom stereocenters. The number of hydrogen-bond acceptors (Lipinski definition) is 3. The summed E-state index contributed by atoms with van der Waals surface area (Å²) in [6.45, 7) is -0.0633. The SMILES string of the molecule is O=C(CN1C(=O)/C(=C\c2ccccc2F)Oc2ccccc21)NCc1ccc(F)cc1. The number of fused-ring (bicyclic) bond motifs is 1. The van der Waals surface area contributed by atoms with Crippen molar-refractivity contribution in [3.05, 3.63) is 101 Å². The van der Waals surface area contributed by atoms with Crippen LogP contribution in [0.1, 0.15) is 11.1 Å². The molecule has 1 aliphatic heterocycles.